The van der Waals surface area contributed by atoms with Crippen molar-refractivity contribution in [3.8, 4) is 0 Å². The normalized spacial score (nSPS) is 9.92. The second-order valence-electron chi connectivity index (χ2n) is 2.70. The maximum Gasteiger partial charge on any atom is 0.269 e. The number of nitro groups is 1. The van der Waals surface area contributed by atoms with E-state index in [4.69, 9.17) is 0 Å². The van der Waals surface area contributed by atoms with Gasteiger partial charge in [0.15, 0.2) is 0 Å². The summed E-state index contributed by atoms with van der Waals surface area (Å²) in [6.45, 7) is 3.68. The molecule has 1 aromatic rings. The Morgan fingerprint density at radius 1 is 1.38 bits per heavy atom. The van der Waals surface area contributed by atoms with Crippen LogP contribution in [-0.2, 0) is 6.54 Å². The van der Waals surface area contributed by atoms with E-state index in [9.17, 15) is 10.1 Å². The zero-order chi connectivity index (χ0) is 9.68. The van der Waals surface area contributed by atoms with E-state index in [0.29, 0.717) is 0 Å². The van der Waals surface area contributed by atoms with E-state index < -0.39 is 4.92 Å². The number of nitrogens with zero attached hydrogens (tertiary/aromatic N) is 1. The van der Waals surface area contributed by atoms with Crippen LogP contribution in [0.1, 0.15) is 12.5 Å². The zero-order valence-corrected chi connectivity index (χ0v) is 7.49. The van der Waals surface area contributed by atoms with Gasteiger partial charge in [0.1, 0.15) is 0 Å². The van der Waals surface area contributed by atoms with E-state index in [1.165, 1.54) is 12.1 Å². The van der Waals surface area contributed by atoms with Gasteiger partial charge in [-0.3, -0.25) is 10.1 Å². The van der Waals surface area contributed by atoms with Crippen LogP contribution in [0.4, 0.5) is 5.69 Å². The average molecular weight is 180 g/mol. The van der Waals surface area contributed by atoms with Gasteiger partial charge in [0.2, 0.25) is 0 Å². The first-order valence-electron chi connectivity index (χ1n) is 4.18. The predicted molar refractivity (Wildman–Crippen MR) is 50.5 cm³/mol. The predicted octanol–water partition coefficient (Wildman–Crippen LogP) is 1.70. The lowest BCUT2D eigenvalue weighted by atomic mass is 10.2. The molecule has 0 radical (unpaired) electrons. The molecule has 70 valence electrons. The Kier molecular flexibility index (Phi) is 3.40. The van der Waals surface area contributed by atoms with Gasteiger partial charge in [0.25, 0.3) is 5.69 Å². The van der Waals surface area contributed by atoms with E-state index in [2.05, 4.69) is 5.32 Å². The topological polar surface area (TPSA) is 55.2 Å². The molecule has 0 spiro atoms. The lowest BCUT2D eigenvalue weighted by molar-refractivity contribution is -0.384. The van der Waals surface area contributed by atoms with Gasteiger partial charge in [-0.25, -0.2) is 0 Å². The molecule has 0 fully saturated rings. The summed E-state index contributed by atoms with van der Waals surface area (Å²) in [5.41, 5.74) is 1.20. The summed E-state index contributed by atoms with van der Waals surface area (Å²) >= 11 is 0. The Bertz CT molecular complexity index is 282. The Morgan fingerprint density at radius 2 is 2.00 bits per heavy atom. The molecule has 1 rings (SSSR count). The number of non-ortho nitro benzene ring substituents is 1. The Morgan fingerprint density at radius 3 is 2.46 bits per heavy atom. The molecule has 4 nitrogen and oxygen atoms in total. The maximum absolute atomic E-state index is 10.3. The first-order chi connectivity index (χ1) is 6.24. The number of rotatable bonds is 4. The van der Waals surface area contributed by atoms with E-state index in [1.54, 1.807) is 12.1 Å². The van der Waals surface area contributed by atoms with Crippen LogP contribution in [0.3, 0.4) is 0 Å². The molecule has 4 heteroatoms. The molecule has 1 N–H and O–H groups in total. The number of nitro benzene ring substituents is 1. The molecule has 0 aliphatic rings. The summed E-state index contributed by atoms with van der Waals surface area (Å²) in [5.74, 6) is 0. The van der Waals surface area contributed by atoms with E-state index >= 15 is 0 Å². The van der Waals surface area contributed by atoms with Crippen molar-refractivity contribution in [3.63, 3.8) is 0 Å². The minimum Gasteiger partial charge on any atom is -0.313 e. The van der Waals surface area contributed by atoms with Gasteiger partial charge in [-0.1, -0.05) is 19.1 Å². The fraction of sp³-hybridized carbons (Fsp3) is 0.333. The van der Waals surface area contributed by atoms with Crippen molar-refractivity contribution >= 4 is 5.69 Å². The highest BCUT2D eigenvalue weighted by atomic mass is 16.6. The molecule has 1 aromatic carbocycles. The molecule has 13 heavy (non-hydrogen) atoms. The smallest absolute Gasteiger partial charge is 0.269 e. The van der Waals surface area contributed by atoms with Crippen LogP contribution < -0.4 is 5.32 Å². The van der Waals surface area contributed by atoms with Crippen molar-refractivity contribution in [1.29, 1.82) is 0 Å². The summed E-state index contributed by atoms with van der Waals surface area (Å²) in [6, 6.07) is 6.57. The molecule has 0 aliphatic heterocycles. The number of benzene rings is 1. The highest BCUT2D eigenvalue weighted by molar-refractivity contribution is 5.32. The Balaban J connectivity index is 2.64. The molecule has 0 aromatic heterocycles. The van der Waals surface area contributed by atoms with Crippen molar-refractivity contribution in [2.45, 2.75) is 13.5 Å². The van der Waals surface area contributed by atoms with Gasteiger partial charge < -0.3 is 5.32 Å². The molecular formula is C9H12N2O2. The lowest BCUT2D eigenvalue weighted by Gasteiger charge is -2.00. The molecule has 0 saturated heterocycles. The van der Waals surface area contributed by atoms with E-state index in [0.717, 1.165) is 18.7 Å². The Labute approximate surface area is 76.7 Å². The first kappa shape index (κ1) is 9.67. The minimum absolute atomic E-state index is 0.139. The monoisotopic (exact) mass is 180 g/mol. The van der Waals surface area contributed by atoms with Crippen LogP contribution >= 0.6 is 0 Å². The maximum atomic E-state index is 10.3. The van der Waals surface area contributed by atoms with Crippen LogP contribution in [0.2, 0.25) is 0 Å². The van der Waals surface area contributed by atoms with Crippen molar-refractivity contribution < 1.29 is 4.92 Å². The molecule has 0 bridgehead atoms. The molecule has 0 aliphatic carbocycles. The summed E-state index contributed by atoms with van der Waals surface area (Å²) in [5, 5.41) is 13.5. The zero-order valence-electron chi connectivity index (χ0n) is 7.49. The fourth-order valence-corrected chi connectivity index (χ4v) is 1.00. The number of nitrogens with one attached hydrogen (secondary N) is 1. The largest absolute Gasteiger partial charge is 0.313 e. The summed E-state index contributed by atoms with van der Waals surface area (Å²) < 4.78 is 0. The van der Waals surface area contributed by atoms with Crippen molar-refractivity contribution in [2.75, 3.05) is 6.54 Å². The summed E-state index contributed by atoms with van der Waals surface area (Å²) in [6.07, 6.45) is 0. The third-order valence-electron chi connectivity index (χ3n) is 1.73. The SMILES string of the molecule is CCNCc1ccc([N+](=O)[O-])cc1. The number of hydrogen-bond acceptors (Lipinski definition) is 3. The highest BCUT2D eigenvalue weighted by Gasteiger charge is 2.02. The van der Waals surface area contributed by atoms with E-state index in [-0.39, 0.29) is 5.69 Å². The van der Waals surface area contributed by atoms with Crippen LogP contribution in [0.15, 0.2) is 24.3 Å². The average Bonchev–Trinajstić information content (AvgIpc) is 2.15. The van der Waals surface area contributed by atoms with Crippen LogP contribution in [-0.4, -0.2) is 11.5 Å². The molecule has 0 heterocycles. The standard InChI is InChI=1S/C9H12N2O2/c1-2-10-7-8-3-5-9(6-4-8)11(12)13/h3-6,10H,2,7H2,1H3. The second-order valence-corrected chi connectivity index (χ2v) is 2.70. The first-order valence-corrected chi connectivity index (χ1v) is 4.18. The molecule has 0 amide bonds. The van der Waals surface area contributed by atoms with Gasteiger partial charge in [-0.05, 0) is 12.1 Å². The van der Waals surface area contributed by atoms with Gasteiger partial charge in [-0.2, -0.15) is 0 Å². The third kappa shape index (κ3) is 2.83. The minimum atomic E-state index is -0.392. The van der Waals surface area contributed by atoms with E-state index in [1.807, 2.05) is 6.92 Å². The molecule has 0 saturated carbocycles. The van der Waals surface area contributed by atoms with Crippen molar-refractivity contribution in [1.82, 2.24) is 5.32 Å². The molecule has 0 unspecified atom stereocenters. The third-order valence-corrected chi connectivity index (χ3v) is 1.73. The molecule has 0 atom stereocenters. The van der Waals surface area contributed by atoms with Crippen LogP contribution in [0.5, 0.6) is 0 Å². The van der Waals surface area contributed by atoms with Crippen molar-refractivity contribution in [2.24, 2.45) is 0 Å². The Hall–Kier alpha value is -1.42. The van der Waals surface area contributed by atoms with Crippen molar-refractivity contribution in [3.05, 3.63) is 39.9 Å². The van der Waals surface area contributed by atoms with Gasteiger partial charge in [0.05, 0.1) is 4.92 Å². The van der Waals surface area contributed by atoms with Gasteiger partial charge in [-0.15, -0.1) is 0 Å². The summed E-state index contributed by atoms with van der Waals surface area (Å²) in [7, 11) is 0. The van der Waals surface area contributed by atoms with Gasteiger partial charge >= 0.3 is 0 Å². The molecular weight excluding hydrogens is 168 g/mol. The van der Waals surface area contributed by atoms with Gasteiger partial charge in [0, 0.05) is 18.7 Å². The highest BCUT2D eigenvalue weighted by Crippen LogP contribution is 2.11. The second kappa shape index (κ2) is 4.57. The van der Waals surface area contributed by atoms with Crippen LogP contribution in [0, 0.1) is 10.1 Å². The number of hydrogen-bond donors (Lipinski definition) is 1. The quantitative estimate of drug-likeness (QED) is 0.566. The van der Waals surface area contributed by atoms with Crippen LogP contribution in [0.25, 0.3) is 0 Å². The lowest BCUT2D eigenvalue weighted by Crippen LogP contribution is -2.11. The summed E-state index contributed by atoms with van der Waals surface area (Å²) in [4.78, 5) is 9.92. The fourth-order valence-electron chi connectivity index (χ4n) is 1.00.